The number of unbranched alkanes of at least 4 members (excludes halogenated alkanes) is 18. The molecule has 0 aromatic carbocycles. The van der Waals surface area contributed by atoms with Gasteiger partial charge in [-0.2, -0.15) is 0 Å². The van der Waals surface area contributed by atoms with Crippen LogP contribution in [0.5, 0.6) is 0 Å². The maximum absolute atomic E-state index is 13.1. The molecule has 394 valence electrons. The van der Waals surface area contributed by atoms with Crippen molar-refractivity contribution in [2.24, 2.45) is 0 Å². The van der Waals surface area contributed by atoms with Crippen molar-refractivity contribution < 1.29 is 58.2 Å². The third kappa shape index (κ3) is 35.8. The Kier molecular flexibility index (Phi) is 41.5. The smallest absolute Gasteiger partial charge is 0.335 e. The topological polar surface area (TPSA) is 175 Å². The van der Waals surface area contributed by atoms with Gasteiger partial charge in [-0.05, 0) is 70.6 Å². The van der Waals surface area contributed by atoms with E-state index >= 15 is 0 Å². The third-order valence-corrected chi connectivity index (χ3v) is 11.8. The van der Waals surface area contributed by atoms with Crippen molar-refractivity contribution in [3.8, 4) is 0 Å². The molecule has 1 aliphatic rings. The first-order valence-corrected chi connectivity index (χ1v) is 26.9. The minimum atomic E-state index is -1.93. The van der Waals surface area contributed by atoms with E-state index in [2.05, 4.69) is 75.5 Å². The van der Waals surface area contributed by atoms with Crippen molar-refractivity contribution in [2.45, 2.75) is 250 Å². The number of hydrogen-bond acceptors (Lipinski definition) is 11. The highest BCUT2D eigenvalue weighted by Crippen LogP contribution is 2.26. The van der Waals surface area contributed by atoms with Gasteiger partial charge in [0.2, 0.25) is 0 Å². The minimum Gasteiger partial charge on any atom is -0.479 e. The lowest BCUT2D eigenvalue weighted by Crippen LogP contribution is -2.61. The number of allylic oxidation sites excluding steroid dienone is 12. The molecule has 0 spiro atoms. The van der Waals surface area contributed by atoms with Crippen LogP contribution in [0.4, 0.5) is 0 Å². The zero-order valence-corrected chi connectivity index (χ0v) is 43.0. The van der Waals surface area contributed by atoms with Gasteiger partial charge in [0.05, 0.1) is 6.61 Å². The molecule has 1 heterocycles. The normalized spacial score (nSPS) is 19.2. The molecule has 3 N–H and O–H groups in total. The summed E-state index contributed by atoms with van der Waals surface area (Å²) >= 11 is 0. The van der Waals surface area contributed by atoms with Gasteiger partial charge >= 0.3 is 23.9 Å². The molecule has 12 nitrogen and oxygen atoms in total. The van der Waals surface area contributed by atoms with Gasteiger partial charge < -0.3 is 39.0 Å². The average molecular weight is 971 g/mol. The second-order valence-corrected chi connectivity index (χ2v) is 18.1. The van der Waals surface area contributed by atoms with Gasteiger partial charge in [-0.1, -0.05) is 196 Å². The summed E-state index contributed by atoms with van der Waals surface area (Å²) < 4.78 is 28.2. The quantitative estimate of drug-likeness (QED) is 0.0228. The van der Waals surface area contributed by atoms with Gasteiger partial charge in [0, 0.05) is 19.3 Å². The number of hydrogen-bond donors (Lipinski definition) is 3. The molecule has 1 saturated heterocycles. The molecule has 0 aromatic rings. The number of carboxylic acid groups (broad SMARTS) is 1. The van der Waals surface area contributed by atoms with Crippen LogP contribution in [0.15, 0.2) is 72.9 Å². The summed E-state index contributed by atoms with van der Waals surface area (Å²) in [4.78, 5) is 50.8. The Hall–Kier alpha value is -3.84. The number of aliphatic hydroxyl groups is 2. The first-order chi connectivity index (χ1) is 33.6. The van der Waals surface area contributed by atoms with E-state index in [0.29, 0.717) is 25.7 Å². The standard InChI is InChI=1S/C57H94O12/c1-4-7-10-13-16-19-22-25-28-31-34-37-40-43-49(58)65-46-48(67-50(59)44-41-38-35-32-29-26-23-20-17-14-11-8-5-2)47-66-57-55(53(62)52(61)54(69-57)56(63)64)68-51(60)45-42-39-36-33-30-27-24-21-18-15-12-9-6-3/h9-10,12-13,18-19,21-22,27,30,36,39,48,52-55,57,61-62H,4-8,11,14-17,20,23-26,28-29,31-35,37-38,40-47H2,1-3H3,(H,63,64)/b12-9-,13-10-,21-18-,22-19-,30-27-,39-36-. The fourth-order valence-electron chi connectivity index (χ4n) is 7.65. The first-order valence-electron chi connectivity index (χ1n) is 26.9. The zero-order chi connectivity index (χ0) is 50.4. The van der Waals surface area contributed by atoms with Gasteiger partial charge in [0.25, 0.3) is 0 Å². The summed E-state index contributed by atoms with van der Waals surface area (Å²) in [5.41, 5.74) is 0. The second-order valence-electron chi connectivity index (χ2n) is 18.1. The summed E-state index contributed by atoms with van der Waals surface area (Å²) in [6.45, 7) is 5.74. The van der Waals surface area contributed by atoms with E-state index < -0.39 is 67.3 Å². The molecule has 0 aliphatic carbocycles. The predicted molar refractivity (Wildman–Crippen MR) is 275 cm³/mol. The Bertz CT molecular complexity index is 1480. The van der Waals surface area contributed by atoms with Crippen LogP contribution in [0.2, 0.25) is 0 Å². The van der Waals surface area contributed by atoms with Crippen LogP contribution in [-0.4, -0.2) is 89.2 Å². The Morgan fingerprint density at radius 1 is 0.493 bits per heavy atom. The largest absolute Gasteiger partial charge is 0.479 e. The molecule has 1 rings (SSSR count). The van der Waals surface area contributed by atoms with E-state index in [1.807, 2.05) is 18.2 Å². The number of carbonyl (C=O) groups excluding carboxylic acids is 3. The molecule has 6 unspecified atom stereocenters. The summed E-state index contributed by atoms with van der Waals surface area (Å²) in [6.07, 6.45) is 43.3. The van der Waals surface area contributed by atoms with Gasteiger partial charge in [0.15, 0.2) is 24.6 Å². The van der Waals surface area contributed by atoms with Crippen LogP contribution in [0.25, 0.3) is 0 Å². The van der Waals surface area contributed by atoms with Crippen molar-refractivity contribution in [2.75, 3.05) is 13.2 Å². The van der Waals surface area contributed by atoms with Gasteiger partial charge in [-0.3, -0.25) is 14.4 Å². The maximum atomic E-state index is 13.1. The molecule has 1 fully saturated rings. The summed E-state index contributed by atoms with van der Waals surface area (Å²) in [6, 6.07) is 0. The molecular formula is C57H94O12. The highest BCUT2D eigenvalue weighted by molar-refractivity contribution is 5.74. The van der Waals surface area contributed by atoms with Crippen LogP contribution in [0.1, 0.15) is 213 Å². The maximum Gasteiger partial charge on any atom is 0.335 e. The van der Waals surface area contributed by atoms with E-state index in [1.165, 1.54) is 57.8 Å². The lowest BCUT2D eigenvalue weighted by atomic mass is 9.98. The van der Waals surface area contributed by atoms with Gasteiger partial charge in [-0.25, -0.2) is 4.79 Å². The minimum absolute atomic E-state index is 0.0629. The molecule has 12 heteroatoms. The van der Waals surface area contributed by atoms with E-state index in [0.717, 1.165) is 89.9 Å². The van der Waals surface area contributed by atoms with E-state index in [9.17, 15) is 34.5 Å². The van der Waals surface area contributed by atoms with Crippen molar-refractivity contribution >= 4 is 23.9 Å². The molecule has 6 atom stereocenters. The lowest BCUT2D eigenvalue weighted by molar-refractivity contribution is -0.301. The monoisotopic (exact) mass is 971 g/mol. The van der Waals surface area contributed by atoms with Crippen LogP contribution in [0, 0.1) is 0 Å². The van der Waals surface area contributed by atoms with Crippen molar-refractivity contribution in [1.82, 2.24) is 0 Å². The molecule has 1 aliphatic heterocycles. The number of carboxylic acids is 1. The van der Waals surface area contributed by atoms with Gasteiger partial charge in [0.1, 0.15) is 18.8 Å². The summed E-state index contributed by atoms with van der Waals surface area (Å²) in [7, 11) is 0. The summed E-state index contributed by atoms with van der Waals surface area (Å²) in [5.74, 6) is -3.24. The number of carbonyl (C=O) groups is 4. The first kappa shape index (κ1) is 63.2. The molecule has 0 bridgehead atoms. The lowest BCUT2D eigenvalue weighted by Gasteiger charge is -2.40. The van der Waals surface area contributed by atoms with Crippen molar-refractivity contribution in [3.05, 3.63) is 72.9 Å². The Labute approximate surface area is 417 Å². The van der Waals surface area contributed by atoms with Crippen molar-refractivity contribution in [3.63, 3.8) is 0 Å². The third-order valence-electron chi connectivity index (χ3n) is 11.8. The molecule has 0 aromatic heterocycles. The SMILES string of the molecule is CC/C=C\C/C=C\C/C=C\C/C=C\CCC(=O)OC1C(OCC(COC(=O)CCCCCCC/C=C\C/C=C\CCC)OC(=O)CCCCCCCCCCCCCCC)OC(C(=O)O)C(O)C1O. The van der Waals surface area contributed by atoms with Crippen LogP contribution < -0.4 is 0 Å². The highest BCUT2D eigenvalue weighted by Gasteiger charge is 2.50. The second kappa shape index (κ2) is 45.3. The van der Waals surface area contributed by atoms with Crippen LogP contribution in [-0.2, 0) is 42.9 Å². The Morgan fingerprint density at radius 3 is 1.51 bits per heavy atom. The number of aliphatic carboxylic acids is 1. The Balaban J connectivity index is 2.77. The molecule has 0 radical (unpaired) electrons. The fraction of sp³-hybridized carbons (Fsp3) is 0.719. The number of aliphatic hydroxyl groups excluding tert-OH is 2. The Morgan fingerprint density at radius 2 is 0.971 bits per heavy atom. The molecule has 69 heavy (non-hydrogen) atoms. The van der Waals surface area contributed by atoms with E-state index in [1.54, 1.807) is 0 Å². The van der Waals surface area contributed by atoms with Gasteiger partial charge in [-0.15, -0.1) is 0 Å². The van der Waals surface area contributed by atoms with Crippen LogP contribution in [0.3, 0.4) is 0 Å². The number of esters is 3. The molecular weight excluding hydrogens is 877 g/mol. The number of ether oxygens (including phenoxy) is 5. The van der Waals surface area contributed by atoms with E-state index in [-0.39, 0.29) is 25.9 Å². The predicted octanol–water partition coefficient (Wildman–Crippen LogP) is 13.0. The zero-order valence-electron chi connectivity index (χ0n) is 43.0. The fourth-order valence-corrected chi connectivity index (χ4v) is 7.65. The van der Waals surface area contributed by atoms with Crippen LogP contribution >= 0.6 is 0 Å². The van der Waals surface area contributed by atoms with E-state index in [4.69, 9.17) is 23.7 Å². The highest BCUT2D eigenvalue weighted by atomic mass is 16.7. The molecule has 0 amide bonds. The average Bonchev–Trinajstić information content (AvgIpc) is 3.33. The number of rotatable bonds is 44. The summed E-state index contributed by atoms with van der Waals surface area (Å²) in [5, 5.41) is 31.3. The van der Waals surface area contributed by atoms with Crippen molar-refractivity contribution in [1.29, 1.82) is 0 Å². The molecule has 0 saturated carbocycles.